The summed E-state index contributed by atoms with van der Waals surface area (Å²) in [5.41, 5.74) is 2.89. The fourth-order valence-electron chi connectivity index (χ4n) is 4.28. The first kappa shape index (κ1) is 18.0. The molecule has 29 heavy (non-hydrogen) atoms. The van der Waals surface area contributed by atoms with E-state index < -0.39 is 6.10 Å². The van der Waals surface area contributed by atoms with Crippen molar-refractivity contribution >= 4 is 21.7 Å². The van der Waals surface area contributed by atoms with Gasteiger partial charge in [0.25, 0.3) is 5.56 Å². The third-order valence-electron chi connectivity index (χ3n) is 5.76. The molecule has 2 heterocycles. The Bertz CT molecular complexity index is 1230. The second-order valence-electron chi connectivity index (χ2n) is 7.60. The quantitative estimate of drug-likeness (QED) is 0.548. The van der Waals surface area contributed by atoms with Gasteiger partial charge in [-0.15, -0.1) is 0 Å². The summed E-state index contributed by atoms with van der Waals surface area (Å²) < 4.78 is 6.90. The predicted octanol–water partition coefficient (Wildman–Crippen LogP) is 3.46. The number of hydrogen-bond acceptors (Lipinski definition) is 4. The third kappa shape index (κ3) is 3.22. The van der Waals surface area contributed by atoms with E-state index >= 15 is 0 Å². The maximum absolute atomic E-state index is 13.4. The van der Waals surface area contributed by atoms with Crippen molar-refractivity contribution in [2.75, 3.05) is 13.2 Å². The van der Waals surface area contributed by atoms with E-state index in [1.54, 1.807) is 10.9 Å². The van der Waals surface area contributed by atoms with Gasteiger partial charge in [-0.3, -0.25) is 9.36 Å². The lowest BCUT2D eigenvalue weighted by Crippen LogP contribution is -2.39. The molecule has 0 unspecified atom stereocenters. The van der Waals surface area contributed by atoms with Crippen molar-refractivity contribution < 1.29 is 9.84 Å². The van der Waals surface area contributed by atoms with Crippen LogP contribution in [0.15, 0.2) is 71.8 Å². The SMILES string of the molecule is O=c1c2cc(Cc3ccccc3)c3ccccc3c2ncn1[C@H]1CCOC[C@@H]1O. The highest BCUT2D eigenvalue weighted by molar-refractivity contribution is 6.06. The first-order chi connectivity index (χ1) is 14.2. The van der Waals surface area contributed by atoms with E-state index in [-0.39, 0.29) is 18.2 Å². The van der Waals surface area contributed by atoms with Crippen LogP contribution in [0.2, 0.25) is 0 Å². The minimum atomic E-state index is -0.704. The molecule has 0 spiro atoms. The van der Waals surface area contributed by atoms with Crippen LogP contribution < -0.4 is 5.56 Å². The monoisotopic (exact) mass is 386 g/mol. The van der Waals surface area contributed by atoms with E-state index in [1.807, 2.05) is 42.5 Å². The van der Waals surface area contributed by atoms with Crippen LogP contribution >= 0.6 is 0 Å². The second-order valence-corrected chi connectivity index (χ2v) is 7.60. The highest BCUT2D eigenvalue weighted by Crippen LogP contribution is 2.28. The molecule has 0 radical (unpaired) electrons. The minimum absolute atomic E-state index is 0.110. The summed E-state index contributed by atoms with van der Waals surface area (Å²) in [6, 6.07) is 20.0. The lowest BCUT2D eigenvalue weighted by atomic mass is 9.96. The summed E-state index contributed by atoms with van der Waals surface area (Å²) in [5, 5.41) is 13.0. The summed E-state index contributed by atoms with van der Waals surface area (Å²) in [6.07, 6.45) is 2.21. The van der Waals surface area contributed by atoms with Crippen LogP contribution in [0.1, 0.15) is 23.6 Å². The molecule has 0 bridgehead atoms. The van der Waals surface area contributed by atoms with Gasteiger partial charge in [0.05, 0.1) is 36.0 Å². The Balaban J connectivity index is 1.72. The number of hydrogen-bond donors (Lipinski definition) is 1. The van der Waals surface area contributed by atoms with Crippen molar-refractivity contribution in [3.05, 3.63) is 88.5 Å². The Hall–Kier alpha value is -3.02. The molecular weight excluding hydrogens is 364 g/mol. The standard InChI is InChI=1S/C24H22N2O3/c27-22-14-29-11-10-21(22)26-15-25-23-19-9-5-4-8-18(19)17(13-20(23)24(26)28)12-16-6-2-1-3-7-16/h1-9,13,15,21-22,27H,10-12,14H2/t21-,22-/m0/s1. The highest BCUT2D eigenvalue weighted by atomic mass is 16.5. The lowest BCUT2D eigenvalue weighted by molar-refractivity contribution is -0.0395. The maximum atomic E-state index is 13.4. The van der Waals surface area contributed by atoms with E-state index in [4.69, 9.17) is 4.74 Å². The van der Waals surface area contributed by atoms with Gasteiger partial charge < -0.3 is 9.84 Å². The molecule has 5 heteroatoms. The van der Waals surface area contributed by atoms with Crippen molar-refractivity contribution in [3.8, 4) is 0 Å². The molecule has 2 atom stereocenters. The van der Waals surface area contributed by atoms with Gasteiger partial charge in [-0.2, -0.15) is 0 Å². The predicted molar refractivity (Wildman–Crippen MR) is 113 cm³/mol. The summed E-state index contributed by atoms with van der Waals surface area (Å²) >= 11 is 0. The number of aliphatic hydroxyl groups excluding tert-OH is 1. The molecule has 3 aromatic carbocycles. The van der Waals surface area contributed by atoms with Crippen molar-refractivity contribution in [2.24, 2.45) is 0 Å². The van der Waals surface area contributed by atoms with Crippen LogP contribution in [-0.2, 0) is 11.2 Å². The van der Waals surface area contributed by atoms with E-state index in [9.17, 15) is 9.90 Å². The van der Waals surface area contributed by atoms with Crippen molar-refractivity contribution in [1.82, 2.24) is 9.55 Å². The molecule has 0 saturated carbocycles. The Labute approximate surface area is 168 Å². The zero-order chi connectivity index (χ0) is 19.8. The molecule has 1 fully saturated rings. The van der Waals surface area contributed by atoms with E-state index in [2.05, 4.69) is 23.2 Å². The third-order valence-corrected chi connectivity index (χ3v) is 5.76. The molecular formula is C24H22N2O3. The minimum Gasteiger partial charge on any atom is -0.389 e. The first-order valence-electron chi connectivity index (χ1n) is 9.93. The fourth-order valence-corrected chi connectivity index (χ4v) is 4.28. The number of nitrogens with zero attached hydrogens (tertiary/aromatic N) is 2. The first-order valence-corrected chi connectivity index (χ1v) is 9.93. The van der Waals surface area contributed by atoms with Gasteiger partial charge in [0.2, 0.25) is 0 Å². The second kappa shape index (κ2) is 7.43. The Kier molecular flexibility index (Phi) is 4.62. The molecule has 146 valence electrons. The van der Waals surface area contributed by atoms with Crippen molar-refractivity contribution in [1.29, 1.82) is 0 Å². The molecule has 1 aromatic heterocycles. The molecule has 0 aliphatic carbocycles. The number of fused-ring (bicyclic) bond motifs is 3. The van der Waals surface area contributed by atoms with Crippen LogP contribution in [0.3, 0.4) is 0 Å². The Morgan fingerprint density at radius 1 is 1.03 bits per heavy atom. The van der Waals surface area contributed by atoms with Gasteiger partial charge in [0, 0.05) is 12.0 Å². The van der Waals surface area contributed by atoms with Crippen LogP contribution in [0.25, 0.3) is 21.7 Å². The number of aromatic nitrogens is 2. The van der Waals surface area contributed by atoms with Gasteiger partial charge >= 0.3 is 0 Å². The van der Waals surface area contributed by atoms with E-state index in [0.29, 0.717) is 23.9 Å². The highest BCUT2D eigenvalue weighted by Gasteiger charge is 2.27. The van der Waals surface area contributed by atoms with Crippen LogP contribution in [0.5, 0.6) is 0 Å². The van der Waals surface area contributed by atoms with E-state index in [0.717, 1.165) is 22.8 Å². The van der Waals surface area contributed by atoms with Crippen molar-refractivity contribution in [2.45, 2.75) is 25.0 Å². The normalized spacial score (nSPS) is 19.6. The molecule has 1 saturated heterocycles. The molecule has 1 aliphatic rings. The lowest BCUT2D eigenvalue weighted by Gasteiger charge is -2.29. The molecule has 1 aliphatic heterocycles. The number of rotatable bonds is 3. The average molecular weight is 386 g/mol. The van der Waals surface area contributed by atoms with E-state index in [1.165, 1.54) is 5.56 Å². The molecule has 0 amide bonds. The summed E-state index contributed by atoms with van der Waals surface area (Å²) in [6.45, 7) is 0.773. The summed E-state index contributed by atoms with van der Waals surface area (Å²) in [4.78, 5) is 18.0. The zero-order valence-electron chi connectivity index (χ0n) is 16.0. The number of benzene rings is 3. The van der Waals surface area contributed by atoms with Gasteiger partial charge in [0.1, 0.15) is 0 Å². The van der Waals surface area contributed by atoms with Gasteiger partial charge in [-0.05, 0) is 35.4 Å². The number of ether oxygens (including phenoxy) is 1. The summed E-state index contributed by atoms with van der Waals surface area (Å²) in [5.74, 6) is 0. The summed E-state index contributed by atoms with van der Waals surface area (Å²) in [7, 11) is 0. The smallest absolute Gasteiger partial charge is 0.261 e. The Morgan fingerprint density at radius 3 is 2.59 bits per heavy atom. The van der Waals surface area contributed by atoms with Crippen LogP contribution in [-0.4, -0.2) is 34.0 Å². The average Bonchev–Trinajstić information content (AvgIpc) is 2.76. The van der Waals surface area contributed by atoms with Crippen LogP contribution in [0, 0.1) is 0 Å². The van der Waals surface area contributed by atoms with Gasteiger partial charge in [-0.25, -0.2) is 4.98 Å². The zero-order valence-corrected chi connectivity index (χ0v) is 16.0. The van der Waals surface area contributed by atoms with Crippen molar-refractivity contribution in [3.63, 3.8) is 0 Å². The largest absolute Gasteiger partial charge is 0.389 e. The van der Waals surface area contributed by atoms with Gasteiger partial charge in [-0.1, -0.05) is 54.6 Å². The molecule has 1 N–H and O–H groups in total. The fraction of sp³-hybridized carbons (Fsp3) is 0.250. The van der Waals surface area contributed by atoms with Gasteiger partial charge in [0.15, 0.2) is 0 Å². The van der Waals surface area contributed by atoms with Crippen LogP contribution in [0.4, 0.5) is 0 Å². The maximum Gasteiger partial charge on any atom is 0.261 e. The topological polar surface area (TPSA) is 64.4 Å². The molecule has 5 nitrogen and oxygen atoms in total. The number of aliphatic hydroxyl groups is 1. The molecule has 5 rings (SSSR count). The Morgan fingerprint density at radius 2 is 1.79 bits per heavy atom. The molecule has 4 aromatic rings.